The highest BCUT2D eigenvalue weighted by Gasteiger charge is 2.35. The first-order valence-corrected chi connectivity index (χ1v) is 9.06. The molecule has 20 heavy (non-hydrogen) atoms. The van der Waals surface area contributed by atoms with Gasteiger partial charge in [0.25, 0.3) is 0 Å². The molecule has 0 radical (unpaired) electrons. The van der Waals surface area contributed by atoms with E-state index in [1.807, 2.05) is 0 Å². The Bertz CT molecular complexity index is 259. The van der Waals surface area contributed by atoms with E-state index in [4.69, 9.17) is 5.73 Å². The van der Waals surface area contributed by atoms with Crippen molar-refractivity contribution >= 4 is 0 Å². The van der Waals surface area contributed by atoms with Crippen LogP contribution in [-0.4, -0.2) is 31.1 Å². The summed E-state index contributed by atoms with van der Waals surface area (Å²) in [5, 5.41) is 0. The van der Waals surface area contributed by atoms with Crippen LogP contribution in [0, 0.1) is 17.3 Å². The summed E-state index contributed by atoms with van der Waals surface area (Å²) in [6.07, 6.45) is 13.0. The molecule has 1 saturated carbocycles. The van der Waals surface area contributed by atoms with Gasteiger partial charge in [-0.3, -0.25) is 0 Å². The lowest BCUT2D eigenvalue weighted by molar-refractivity contribution is 0.0646. The van der Waals surface area contributed by atoms with Gasteiger partial charge in [0, 0.05) is 0 Å². The number of nitrogens with two attached hydrogens (primary N) is 1. The number of hydrogen-bond donors (Lipinski definition) is 1. The second-order valence-corrected chi connectivity index (χ2v) is 7.92. The SMILES string of the molecule is CC(C)CC(CN)CCN1CCC2(CCCCC2)CC1. The highest BCUT2D eigenvalue weighted by Crippen LogP contribution is 2.44. The maximum atomic E-state index is 5.93. The molecule has 1 spiro atoms. The van der Waals surface area contributed by atoms with Crippen LogP contribution < -0.4 is 5.73 Å². The Morgan fingerprint density at radius 2 is 1.65 bits per heavy atom. The third-order valence-corrected chi connectivity index (χ3v) is 5.82. The lowest BCUT2D eigenvalue weighted by Crippen LogP contribution is -2.42. The van der Waals surface area contributed by atoms with Crippen molar-refractivity contribution in [3.05, 3.63) is 0 Å². The van der Waals surface area contributed by atoms with Gasteiger partial charge in [-0.05, 0) is 82.0 Å². The minimum absolute atomic E-state index is 0.737. The summed E-state index contributed by atoms with van der Waals surface area (Å²) in [6.45, 7) is 9.48. The second kappa shape index (κ2) is 7.79. The van der Waals surface area contributed by atoms with E-state index in [0.29, 0.717) is 0 Å². The molecular formula is C18H36N2. The van der Waals surface area contributed by atoms with Crippen molar-refractivity contribution in [3.63, 3.8) is 0 Å². The van der Waals surface area contributed by atoms with Crippen LogP contribution in [0.15, 0.2) is 0 Å². The van der Waals surface area contributed by atoms with Crippen LogP contribution in [-0.2, 0) is 0 Å². The third kappa shape index (κ3) is 4.73. The topological polar surface area (TPSA) is 29.3 Å². The summed E-state index contributed by atoms with van der Waals surface area (Å²) >= 11 is 0. The molecule has 2 aliphatic rings. The maximum Gasteiger partial charge on any atom is -0.00134 e. The Morgan fingerprint density at radius 1 is 1.00 bits per heavy atom. The summed E-state index contributed by atoms with van der Waals surface area (Å²) in [6, 6.07) is 0. The monoisotopic (exact) mass is 280 g/mol. The average molecular weight is 280 g/mol. The number of likely N-dealkylation sites (tertiary alicyclic amines) is 1. The maximum absolute atomic E-state index is 5.93. The predicted molar refractivity (Wildman–Crippen MR) is 87.8 cm³/mol. The largest absolute Gasteiger partial charge is 0.330 e. The molecule has 2 nitrogen and oxygen atoms in total. The lowest BCUT2D eigenvalue weighted by atomic mass is 9.68. The summed E-state index contributed by atoms with van der Waals surface area (Å²) in [7, 11) is 0. The molecule has 2 N–H and O–H groups in total. The average Bonchev–Trinajstić information content (AvgIpc) is 2.46. The van der Waals surface area contributed by atoms with Crippen LogP contribution in [0.3, 0.4) is 0 Å². The zero-order valence-electron chi connectivity index (χ0n) is 13.9. The van der Waals surface area contributed by atoms with Crippen LogP contribution in [0.1, 0.15) is 71.6 Å². The van der Waals surface area contributed by atoms with Crippen molar-refractivity contribution in [2.75, 3.05) is 26.2 Å². The van der Waals surface area contributed by atoms with E-state index in [1.54, 1.807) is 0 Å². The van der Waals surface area contributed by atoms with Crippen molar-refractivity contribution in [2.24, 2.45) is 23.0 Å². The first kappa shape index (κ1) is 16.3. The van der Waals surface area contributed by atoms with E-state index in [9.17, 15) is 0 Å². The molecule has 0 bridgehead atoms. The highest BCUT2D eigenvalue weighted by atomic mass is 15.1. The molecule has 0 aromatic carbocycles. The van der Waals surface area contributed by atoms with Crippen molar-refractivity contribution in [1.82, 2.24) is 4.90 Å². The number of hydrogen-bond acceptors (Lipinski definition) is 2. The summed E-state index contributed by atoms with van der Waals surface area (Å²) in [5.41, 5.74) is 6.68. The van der Waals surface area contributed by atoms with E-state index in [1.165, 1.54) is 77.4 Å². The van der Waals surface area contributed by atoms with Gasteiger partial charge in [0.05, 0.1) is 0 Å². The summed E-state index contributed by atoms with van der Waals surface area (Å²) < 4.78 is 0. The van der Waals surface area contributed by atoms with Crippen molar-refractivity contribution in [3.8, 4) is 0 Å². The fourth-order valence-electron chi connectivity index (χ4n) is 4.42. The molecule has 1 atom stereocenters. The zero-order valence-corrected chi connectivity index (χ0v) is 13.9. The van der Waals surface area contributed by atoms with Crippen LogP contribution in [0.2, 0.25) is 0 Å². The van der Waals surface area contributed by atoms with Crippen LogP contribution in [0.25, 0.3) is 0 Å². The Labute approximate surface area is 126 Å². The predicted octanol–water partition coefficient (Wildman–Crippen LogP) is 4.04. The number of piperidine rings is 1. The number of rotatable bonds is 6. The molecular weight excluding hydrogens is 244 g/mol. The van der Waals surface area contributed by atoms with E-state index in [-0.39, 0.29) is 0 Å². The van der Waals surface area contributed by atoms with E-state index in [0.717, 1.165) is 23.8 Å². The van der Waals surface area contributed by atoms with Gasteiger partial charge in [-0.1, -0.05) is 33.1 Å². The van der Waals surface area contributed by atoms with Gasteiger partial charge >= 0.3 is 0 Å². The molecule has 2 fully saturated rings. The molecule has 0 amide bonds. The van der Waals surface area contributed by atoms with Crippen LogP contribution >= 0.6 is 0 Å². The van der Waals surface area contributed by atoms with E-state index in [2.05, 4.69) is 18.7 Å². The van der Waals surface area contributed by atoms with Gasteiger partial charge in [0.2, 0.25) is 0 Å². The minimum atomic E-state index is 0.737. The van der Waals surface area contributed by atoms with Crippen LogP contribution in [0.4, 0.5) is 0 Å². The molecule has 1 saturated heterocycles. The third-order valence-electron chi connectivity index (χ3n) is 5.82. The molecule has 118 valence electrons. The molecule has 1 aliphatic carbocycles. The van der Waals surface area contributed by atoms with E-state index >= 15 is 0 Å². The fourth-order valence-corrected chi connectivity index (χ4v) is 4.42. The number of nitrogens with zero attached hydrogens (tertiary/aromatic N) is 1. The van der Waals surface area contributed by atoms with Gasteiger partial charge in [-0.25, -0.2) is 0 Å². The second-order valence-electron chi connectivity index (χ2n) is 7.92. The van der Waals surface area contributed by atoms with Crippen molar-refractivity contribution in [2.45, 2.75) is 71.6 Å². The standard InChI is InChI=1S/C18H36N2/c1-16(2)14-17(15-19)6-11-20-12-9-18(10-13-20)7-4-3-5-8-18/h16-17H,3-15,19H2,1-2H3. The summed E-state index contributed by atoms with van der Waals surface area (Å²) in [4.78, 5) is 2.71. The van der Waals surface area contributed by atoms with Gasteiger partial charge < -0.3 is 10.6 Å². The lowest BCUT2D eigenvalue weighted by Gasteiger charge is -2.44. The Hall–Kier alpha value is -0.0800. The first-order chi connectivity index (χ1) is 9.63. The van der Waals surface area contributed by atoms with E-state index < -0.39 is 0 Å². The minimum Gasteiger partial charge on any atom is -0.330 e. The fraction of sp³-hybridized carbons (Fsp3) is 1.00. The molecule has 2 rings (SSSR count). The smallest absolute Gasteiger partial charge is 0.00134 e. The molecule has 0 aromatic heterocycles. The highest BCUT2D eigenvalue weighted by molar-refractivity contribution is 4.88. The molecule has 0 aromatic rings. The van der Waals surface area contributed by atoms with Crippen molar-refractivity contribution in [1.29, 1.82) is 0 Å². The van der Waals surface area contributed by atoms with Gasteiger partial charge in [-0.15, -0.1) is 0 Å². The van der Waals surface area contributed by atoms with Crippen molar-refractivity contribution < 1.29 is 0 Å². The van der Waals surface area contributed by atoms with Gasteiger partial charge in [-0.2, -0.15) is 0 Å². The zero-order chi connectivity index (χ0) is 14.4. The Morgan fingerprint density at radius 3 is 2.20 bits per heavy atom. The molecule has 1 aliphatic heterocycles. The molecule has 1 unspecified atom stereocenters. The quantitative estimate of drug-likeness (QED) is 0.795. The first-order valence-electron chi connectivity index (χ1n) is 9.06. The summed E-state index contributed by atoms with van der Waals surface area (Å²) in [5.74, 6) is 1.52. The Balaban J connectivity index is 1.68. The van der Waals surface area contributed by atoms with Gasteiger partial charge in [0.15, 0.2) is 0 Å². The molecule has 1 heterocycles. The van der Waals surface area contributed by atoms with Crippen LogP contribution in [0.5, 0.6) is 0 Å². The van der Waals surface area contributed by atoms with Gasteiger partial charge in [0.1, 0.15) is 0 Å². The molecule has 2 heteroatoms. The Kier molecular flexibility index (Phi) is 6.35. The normalized spacial score (nSPS) is 25.2.